The van der Waals surface area contributed by atoms with Crippen LogP contribution in [0.5, 0.6) is 5.75 Å². The molecule has 0 spiro atoms. The number of halogens is 1. The molecular formula is C13H14ClNO6. The fourth-order valence-electron chi connectivity index (χ4n) is 1.53. The summed E-state index contributed by atoms with van der Waals surface area (Å²) in [5.41, 5.74) is 0. The normalized spacial score (nSPS) is 9.95. The molecule has 1 amide bonds. The highest BCUT2D eigenvalue weighted by molar-refractivity contribution is 6.30. The summed E-state index contributed by atoms with van der Waals surface area (Å²) in [6.45, 7) is -1.33. The molecule has 1 aromatic carbocycles. The van der Waals surface area contributed by atoms with Crippen molar-refractivity contribution in [1.82, 2.24) is 4.90 Å². The lowest BCUT2D eigenvalue weighted by atomic mass is 10.3. The summed E-state index contributed by atoms with van der Waals surface area (Å²) in [7, 11) is 0. The standard InChI is InChI=1S/C13H14ClNO6/c14-9-2-1-3-10(6-9)21-5-4-11(16)15(7-12(17)18)8-13(19)20/h1-3,6H,4-5,7-8H2,(H,17,18)(H,19,20). The second-order valence-corrected chi connectivity index (χ2v) is 4.53. The summed E-state index contributed by atoms with van der Waals surface area (Å²) in [6.07, 6.45) is -0.132. The topological polar surface area (TPSA) is 104 Å². The zero-order valence-corrected chi connectivity index (χ0v) is 11.7. The van der Waals surface area contributed by atoms with Crippen LogP contribution in [0.2, 0.25) is 5.02 Å². The predicted molar refractivity (Wildman–Crippen MR) is 73.4 cm³/mol. The van der Waals surface area contributed by atoms with Crippen molar-refractivity contribution in [3.05, 3.63) is 29.3 Å². The van der Waals surface area contributed by atoms with Gasteiger partial charge in [0.25, 0.3) is 0 Å². The number of aliphatic carboxylic acids is 2. The molecule has 1 rings (SSSR count). The number of carbonyl (C=O) groups excluding carboxylic acids is 1. The van der Waals surface area contributed by atoms with Gasteiger partial charge in [0, 0.05) is 5.02 Å². The van der Waals surface area contributed by atoms with E-state index in [9.17, 15) is 14.4 Å². The van der Waals surface area contributed by atoms with Gasteiger partial charge in [-0.15, -0.1) is 0 Å². The summed E-state index contributed by atoms with van der Waals surface area (Å²) in [6, 6.07) is 6.57. The molecule has 0 aliphatic heterocycles. The van der Waals surface area contributed by atoms with Crippen LogP contribution in [0.4, 0.5) is 0 Å². The number of hydrogen-bond acceptors (Lipinski definition) is 4. The van der Waals surface area contributed by atoms with Crippen LogP contribution in [0, 0.1) is 0 Å². The second kappa shape index (κ2) is 8.11. The molecule has 0 aliphatic carbocycles. The van der Waals surface area contributed by atoms with Crippen LogP contribution in [0.25, 0.3) is 0 Å². The first-order valence-corrected chi connectivity index (χ1v) is 6.36. The molecule has 0 atom stereocenters. The maximum Gasteiger partial charge on any atom is 0.323 e. The van der Waals surface area contributed by atoms with Gasteiger partial charge in [-0.1, -0.05) is 17.7 Å². The molecule has 2 N–H and O–H groups in total. The van der Waals surface area contributed by atoms with Crippen molar-refractivity contribution in [1.29, 1.82) is 0 Å². The molecule has 1 aromatic rings. The minimum atomic E-state index is -1.28. The van der Waals surface area contributed by atoms with Gasteiger partial charge in [0.15, 0.2) is 0 Å². The van der Waals surface area contributed by atoms with Crippen molar-refractivity contribution in [2.45, 2.75) is 6.42 Å². The number of carboxylic acids is 2. The van der Waals surface area contributed by atoms with Gasteiger partial charge in [0.2, 0.25) is 5.91 Å². The van der Waals surface area contributed by atoms with E-state index in [-0.39, 0.29) is 13.0 Å². The van der Waals surface area contributed by atoms with Gasteiger partial charge in [-0.2, -0.15) is 0 Å². The first kappa shape index (κ1) is 16.8. The summed E-state index contributed by atoms with van der Waals surface area (Å²) in [4.78, 5) is 33.7. The molecule has 0 fully saturated rings. The molecule has 8 heteroatoms. The SMILES string of the molecule is O=C(O)CN(CC(=O)O)C(=O)CCOc1cccc(Cl)c1. The highest BCUT2D eigenvalue weighted by Crippen LogP contribution is 2.17. The highest BCUT2D eigenvalue weighted by Gasteiger charge is 2.19. The molecular weight excluding hydrogens is 302 g/mol. The Morgan fingerprint density at radius 2 is 1.76 bits per heavy atom. The number of nitrogens with zero attached hydrogens (tertiary/aromatic N) is 1. The quantitative estimate of drug-likeness (QED) is 0.744. The summed E-state index contributed by atoms with van der Waals surface area (Å²) in [5.74, 6) is -2.69. The van der Waals surface area contributed by atoms with Gasteiger partial charge in [0.1, 0.15) is 18.8 Å². The van der Waals surface area contributed by atoms with E-state index in [1.807, 2.05) is 0 Å². The molecule has 0 aliphatic rings. The molecule has 0 saturated heterocycles. The molecule has 0 bridgehead atoms. The largest absolute Gasteiger partial charge is 0.493 e. The average Bonchev–Trinajstić information content (AvgIpc) is 2.36. The second-order valence-electron chi connectivity index (χ2n) is 4.09. The number of rotatable bonds is 8. The fraction of sp³-hybridized carbons (Fsp3) is 0.308. The van der Waals surface area contributed by atoms with Gasteiger partial charge in [-0.3, -0.25) is 14.4 Å². The third-order valence-corrected chi connectivity index (χ3v) is 2.62. The molecule has 0 heterocycles. The first-order chi connectivity index (χ1) is 9.88. The van der Waals surface area contributed by atoms with Crippen molar-refractivity contribution in [3.8, 4) is 5.75 Å². The van der Waals surface area contributed by atoms with Crippen molar-refractivity contribution < 1.29 is 29.3 Å². The van der Waals surface area contributed by atoms with Crippen LogP contribution in [-0.2, 0) is 14.4 Å². The highest BCUT2D eigenvalue weighted by atomic mass is 35.5. The zero-order chi connectivity index (χ0) is 15.8. The summed E-state index contributed by atoms with van der Waals surface area (Å²) < 4.78 is 5.29. The van der Waals surface area contributed by atoms with E-state index in [1.54, 1.807) is 24.3 Å². The minimum absolute atomic E-state index is 0.00505. The lowest BCUT2D eigenvalue weighted by Crippen LogP contribution is -2.39. The lowest BCUT2D eigenvalue weighted by molar-refractivity contribution is -0.149. The van der Waals surface area contributed by atoms with Crippen LogP contribution in [0.1, 0.15) is 6.42 Å². The van der Waals surface area contributed by atoms with E-state index in [4.69, 9.17) is 26.6 Å². The molecule has 0 saturated carbocycles. The lowest BCUT2D eigenvalue weighted by Gasteiger charge is -2.18. The van der Waals surface area contributed by atoms with Crippen molar-refractivity contribution in [2.75, 3.05) is 19.7 Å². The Kier molecular flexibility index (Phi) is 6.48. The summed E-state index contributed by atoms with van der Waals surface area (Å²) >= 11 is 5.77. The monoisotopic (exact) mass is 315 g/mol. The number of ether oxygens (including phenoxy) is 1. The van der Waals surface area contributed by atoms with Gasteiger partial charge >= 0.3 is 11.9 Å². The molecule has 0 aromatic heterocycles. The van der Waals surface area contributed by atoms with Crippen molar-refractivity contribution in [2.24, 2.45) is 0 Å². The minimum Gasteiger partial charge on any atom is -0.493 e. The Morgan fingerprint density at radius 1 is 1.14 bits per heavy atom. The number of benzene rings is 1. The van der Waals surface area contributed by atoms with E-state index in [1.165, 1.54) is 0 Å². The maximum absolute atomic E-state index is 11.8. The van der Waals surface area contributed by atoms with Crippen LogP contribution in [0.15, 0.2) is 24.3 Å². The third-order valence-electron chi connectivity index (χ3n) is 2.39. The number of amides is 1. The molecule has 0 unspecified atom stereocenters. The van der Waals surface area contributed by atoms with Crippen molar-refractivity contribution >= 4 is 29.4 Å². The smallest absolute Gasteiger partial charge is 0.323 e. The van der Waals surface area contributed by atoms with Gasteiger partial charge in [-0.25, -0.2) is 0 Å². The van der Waals surface area contributed by atoms with Crippen LogP contribution >= 0.6 is 11.6 Å². The first-order valence-electron chi connectivity index (χ1n) is 5.98. The van der Waals surface area contributed by atoms with E-state index in [0.717, 1.165) is 4.90 Å². The van der Waals surface area contributed by atoms with E-state index in [0.29, 0.717) is 10.8 Å². The Morgan fingerprint density at radius 3 is 2.29 bits per heavy atom. The van der Waals surface area contributed by atoms with Gasteiger partial charge in [-0.05, 0) is 18.2 Å². The third kappa shape index (κ3) is 6.62. The Bertz CT molecular complexity index is 517. The van der Waals surface area contributed by atoms with Crippen molar-refractivity contribution in [3.63, 3.8) is 0 Å². The predicted octanol–water partition coefficient (Wildman–Crippen LogP) is 1.11. The van der Waals surface area contributed by atoms with Gasteiger partial charge < -0.3 is 19.8 Å². The Balaban J connectivity index is 2.49. The van der Waals surface area contributed by atoms with Crippen LogP contribution in [0.3, 0.4) is 0 Å². The average molecular weight is 316 g/mol. The Labute approximate surface area is 125 Å². The molecule has 114 valence electrons. The van der Waals surface area contributed by atoms with E-state index in [2.05, 4.69) is 0 Å². The molecule has 7 nitrogen and oxygen atoms in total. The molecule has 0 radical (unpaired) electrons. The van der Waals surface area contributed by atoms with Crippen LogP contribution in [-0.4, -0.2) is 52.7 Å². The maximum atomic E-state index is 11.8. The summed E-state index contributed by atoms with van der Waals surface area (Å²) in [5, 5.41) is 17.8. The van der Waals surface area contributed by atoms with Crippen LogP contribution < -0.4 is 4.74 Å². The van der Waals surface area contributed by atoms with E-state index >= 15 is 0 Å². The zero-order valence-electron chi connectivity index (χ0n) is 11.0. The Hall–Kier alpha value is -2.28. The number of hydrogen-bond donors (Lipinski definition) is 2. The number of carbonyl (C=O) groups is 3. The number of carboxylic acid groups (broad SMARTS) is 2. The van der Waals surface area contributed by atoms with Gasteiger partial charge in [0.05, 0.1) is 13.0 Å². The molecule has 21 heavy (non-hydrogen) atoms. The van der Waals surface area contributed by atoms with E-state index < -0.39 is 30.9 Å². The fourth-order valence-corrected chi connectivity index (χ4v) is 1.71.